The monoisotopic (exact) mass is 773 g/mol. The Morgan fingerprint density at radius 2 is 2.06 bits per heavy atom. The number of ether oxygens (including phenoxy) is 2. The number of nitrogens with two attached hydrogens (primary N) is 1. The fourth-order valence-electron chi connectivity index (χ4n) is 8.62. The second-order valence-corrected chi connectivity index (χ2v) is 14.9. The van der Waals surface area contributed by atoms with E-state index in [0.717, 1.165) is 24.6 Å². The summed E-state index contributed by atoms with van der Waals surface area (Å²) in [6.45, 7) is 6.72. The van der Waals surface area contributed by atoms with Gasteiger partial charge in [0.1, 0.15) is 41.0 Å². The normalized spacial score (nSPS) is 22.9. The number of rotatable bonds is 10. The number of nitrogen functional groups attached to an aromatic ring is 1. The molecule has 3 aliphatic heterocycles. The fourth-order valence-corrected chi connectivity index (χ4v) is 9.57. The van der Waals surface area contributed by atoms with E-state index in [0.29, 0.717) is 30.7 Å². The summed E-state index contributed by atoms with van der Waals surface area (Å²) in [5.41, 5.74) is 1.77. The maximum absolute atomic E-state index is 17.3. The smallest absolute Gasteiger partial charge is 0.417 e. The largest absolute Gasteiger partial charge is 0.461 e. The molecule has 2 unspecified atom stereocenters. The molecule has 0 bridgehead atoms. The molecule has 1 amide bonds. The van der Waals surface area contributed by atoms with Gasteiger partial charge in [0, 0.05) is 49.5 Å². The van der Waals surface area contributed by atoms with E-state index >= 15 is 22.0 Å². The Bertz CT molecular complexity index is 2190. The summed E-state index contributed by atoms with van der Waals surface area (Å²) >= 11 is 0.670. The molecule has 0 spiro atoms. The molecule has 2 aromatic carbocycles. The van der Waals surface area contributed by atoms with E-state index in [-0.39, 0.29) is 83.0 Å². The number of amides is 1. The first-order chi connectivity index (χ1) is 25.8. The number of hydrogen-bond donors (Lipinski definition) is 1. The number of likely N-dealkylation sites (tertiary alicyclic amines) is 1. The van der Waals surface area contributed by atoms with E-state index in [9.17, 15) is 14.4 Å². The molecule has 4 aromatic rings. The zero-order chi connectivity index (χ0) is 38.7. The lowest BCUT2D eigenvalue weighted by Gasteiger charge is -2.36. The van der Waals surface area contributed by atoms with Crippen LogP contribution in [-0.2, 0) is 15.7 Å². The van der Waals surface area contributed by atoms with Crippen molar-refractivity contribution < 1.29 is 40.6 Å². The molecule has 54 heavy (non-hydrogen) atoms. The molecule has 2 aromatic heterocycles. The predicted octanol–water partition coefficient (Wildman–Crippen LogP) is 6.85. The Hall–Kier alpha value is -4.66. The Labute approximate surface area is 310 Å². The Kier molecular flexibility index (Phi) is 9.90. The van der Waals surface area contributed by atoms with E-state index in [1.54, 1.807) is 16.7 Å². The van der Waals surface area contributed by atoms with Crippen LogP contribution in [0.5, 0.6) is 6.01 Å². The predicted molar refractivity (Wildman–Crippen MR) is 192 cm³/mol. The van der Waals surface area contributed by atoms with Crippen LogP contribution in [0.15, 0.2) is 30.9 Å². The summed E-state index contributed by atoms with van der Waals surface area (Å²) in [6.07, 6.45) is -3.02. The van der Waals surface area contributed by atoms with Gasteiger partial charge in [-0.15, -0.1) is 11.3 Å². The summed E-state index contributed by atoms with van der Waals surface area (Å²) in [5, 5.41) is 9.20. The van der Waals surface area contributed by atoms with Gasteiger partial charge in [0.15, 0.2) is 5.82 Å². The molecular weight excluding hydrogens is 737 g/mol. The molecule has 3 fully saturated rings. The summed E-state index contributed by atoms with van der Waals surface area (Å²) in [5.74, 6) is -2.68. The molecule has 3 saturated heterocycles. The zero-order valence-corrected chi connectivity index (χ0v) is 30.3. The molecule has 286 valence electrons. The van der Waals surface area contributed by atoms with Crippen molar-refractivity contribution in [3.05, 3.63) is 53.6 Å². The number of anilines is 2. The van der Waals surface area contributed by atoms with E-state index in [2.05, 4.69) is 16.5 Å². The number of nitrogens with zero attached hydrogens (tertiary/aromatic N) is 6. The van der Waals surface area contributed by atoms with Crippen molar-refractivity contribution in [2.75, 3.05) is 57.1 Å². The first-order valence-electron chi connectivity index (χ1n) is 17.5. The number of nitriles is 1. The van der Waals surface area contributed by atoms with Gasteiger partial charge in [0.2, 0.25) is 5.91 Å². The highest BCUT2D eigenvalue weighted by molar-refractivity contribution is 7.23. The van der Waals surface area contributed by atoms with E-state index < -0.39 is 63.8 Å². The summed E-state index contributed by atoms with van der Waals surface area (Å²) in [4.78, 5) is 27.1. The van der Waals surface area contributed by atoms with Gasteiger partial charge in [0.05, 0.1) is 40.1 Å². The van der Waals surface area contributed by atoms with Crippen LogP contribution in [0.1, 0.15) is 43.7 Å². The average Bonchev–Trinajstić information content (AvgIpc) is 3.89. The van der Waals surface area contributed by atoms with Gasteiger partial charge in [-0.3, -0.25) is 9.69 Å². The number of hydrogen-bond acceptors (Lipinski definition) is 10. The third-order valence-corrected chi connectivity index (χ3v) is 12.0. The zero-order valence-electron chi connectivity index (χ0n) is 29.5. The van der Waals surface area contributed by atoms with Gasteiger partial charge >= 0.3 is 12.2 Å². The number of benzene rings is 2. The second kappa shape index (κ2) is 14.2. The molecule has 7 rings (SSSR count). The van der Waals surface area contributed by atoms with Crippen molar-refractivity contribution in [1.82, 2.24) is 19.8 Å². The van der Waals surface area contributed by atoms with Gasteiger partial charge < -0.3 is 25.0 Å². The van der Waals surface area contributed by atoms with Crippen LogP contribution in [0.4, 0.5) is 37.2 Å². The van der Waals surface area contributed by atoms with Gasteiger partial charge in [-0.25, -0.2) is 13.2 Å². The number of halogens is 6. The van der Waals surface area contributed by atoms with Gasteiger partial charge in [-0.1, -0.05) is 12.6 Å². The minimum atomic E-state index is -5.15. The fraction of sp³-hybridized carbons (Fsp3) is 0.459. The number of likely N-dealkylation sites (N-methyl/N-ethyl adjacent to an activating group) is 1. The highest BCUT2D eigenvalue weighted by atomic mass is 32.1. The first-order valence-corrected chi connectivity index (χ1v) is 18.3. The number of alkyl halides is 4. The minimum absolute atomic E-state index is 0.0464. The van der Waals surface area contributed by atoms with Crippen LogP contribution in [0.2, 0.25) is 0 Å². The van der Waals surface area contributed by atoms with Gasteiger partial charge in [0.25, 0.3) is 0 Å². The van der Waals surface area contributed by atoms with Crippen molar-refractivity contribution in [2.24, 2.45) is 0 Å². The highest BCUT2D eigenvalue weighted by Gasteiger charge is 2.50. The standard InChI is InChI=1S/C37H37F6N7O3S/c1-4-27(51)50-12-9-25(26(50)17-52-3)49(5-2)34-21-13-23(37(41,42)43)29(20-7-8-24(39)32-28(20)22(15-44)33(45)54-32)30(40)31(21)46-35(47-34)53-18-36-10-6-11-48(36)16-19(38)14-36/h4,7-8,13,19,25-26H,1,5-6,9-12,14,16-18,45H2,2-3H3/t19-,25?,26?,36+/m1/s1. The molecule has 0 saturated carbocycles. The molecule has 0 aliphatic carbocycles. The second-order valence-electron chi connectivity index (χ2n) is 13.9. The third-order valence-electron chi connectivity index (χ3n) is 10.9. The van der Waals surface area contributed by atoms with Gasteiger partial charge in [-0.2, -0.15) is 28.4 Å². The van der Waals surface area contributed by atoms with Crippen LogP contribution in [0.25, 0.3) is 32.1 Å². The molecule has 5 heterocycles. The molecule has 3 aliphatic rings. The number of carbonyl (C=O) groups is 1. The molecule has 4 atom stereocenters. The maximum atomic E-state index is 17.3. The summed E-state index contributed by atoms with van der Waals surface area (Å²) < 4.78 is 104. The lowest BCUT2D eigenvalue weighted by atomic mass is 9.92. The minimum Gasteiger partial charge on any atom is -0.461 e. The lowest BCUT2D eigenvalue weighted by Crippen LogP contribution is -2.49. The van der Waals surface area contributed by atoms with Gasteiger partial charge in [-0.05, 0) is 56.5 Å². The molecular formula is C37H37F6N7O3S. The average molecular weight is 774 g/mol. The number of fused-ring (bicyclic) bond motifs is 3. The van der Waals surface area contributed by atoms with Crippen molar-refractivity contribution in [1.29, 1.82) is 5.26 Å². The third kappa shape index (κ3) is 6.17. The Morgan fingerprint density at radius 3 is 2.74 bits per heavy atom. The van der Waals surface area contributed by atoms with E-state index in [1.165, 1.54) is 13.2 Å². The van der Waals surface area contributed by atoms with Crippen molar-refractivity contribution >= 4 is 49.1 Å². The topological polar surface area (TPSA) is 121 Å². The summed E-state index contributed by atoms with van der Waals surface area (Å²) in [6, 6.07) is 3.00. The highest BCUT2D eigenvalue weighted by Crippen LogP contribution is 2.48. The Morgan fingerprint density at radius 1 is 1.28 bits per heavy atom. The maximum Gasteiger partial charge on any atom is 0.417 e. The SMILES string of the molecule is C=CC(=O)N1CCC(N(CC)c2nc(OC[C@@]34CCCN3C[C@H](F)C4)nc3c(F)c(-c4ccc(F)c5sc(N)c(C#N)c45)c(C(F)(F)F)cc23)C1COC. The Balaban J connectivity index is 1.47. The van der Waals surface area contributed by atoms with Crippen LogP contribution in [0, 0.1) is 23.0 Å². The first kappa shape index (κ1) is 37.6. The van der Waals surface area contributed by atoms with E-state index in [1.807, 2.05) is 11.0 Å². The number of thiophene rings is 1. The van der Waals surface area contributed by atoms with Crippen molar-refractivity contribution in [2.45, 2.75) is 62.6 Å². The molecule has 0 radical (unpaired) electrons. The summed E-state index contributed by atoms with van der Waals surface area (Å²) in [7, 11) is 1.46. The number of aromatic nitrogens is 2. The van der Waals surface area contributed by atoms with Crippen LogP contribution >= 0.6 is 11.3 Å². The van der Waals surface area contributed by atoms with Crippen molar-refractivity contribution in [3.8, 4) is 23.2 Å². The number of methoxy groups -OCH3 is 1. The van der Waals surface area contributed by atoms with E-state index in [4.69, 9.17) is 15.2 Å². The van der Waals surface area contributed by atoms with Crippen LogP contribution in [-0.4, -0.2) is 96.0 Å². The molecule has 10 nitrogen and oxygen atoms in total. The molecule has 17 heteroatoms. The quantitative estimate of drug-likeness (QED) is 0.136. The van der Waals surface area contributed by atoms with Crippen LogP contribution in [0.3, 0.4) is 0 Å². The van der Waals surface area contributed by atoms with Crippen LogP contribution < -0.4 is 15.4 Å². The lowest BCUT2D eigenvalue weighted by molar-refractivity contribution is -0.137. The number of carbonyl (C=O) groups excluding carboxylic acids is 1. The van der Waals surface area contributed by atoms with Crippen molar-refractivity contribution in [3.63, 3.8) is 0 Å². The molecule has 2 N–H and O–H groups in total.